The molecule has 2 rings (SSSR count). The minimum absolute atomic E-state index is 0.220. The fraction of sp³-hybridized carbons (Fsp3) is 0.333. The van der Waals surface area contributed by atoms with Crippen LogP contribution >= 0.6 is 27.3 Å². The fourth-order valence-corrected chi connectivity index (χ4v) is 2.89. The van der Waals surface area contributed by atoms with Crippen molar-refractivity contribution in [1.29, 1.82) is 0 Å². The summed E-state index contributed by atoms with van der Waals surface area (Å²) in [7, 11) is 3.56. The molecule has 1 aromatic heterocycles. The van der Waals surface area contributed by atoms with Crippen LogP contribution in [0.2, 0.25) is 0 Å². The largest absolute Gasteiger partial charge is 0.496 e. The van der Waals surface area contributed by atoms with Gasteiger partial charge in [-0.1, -0.05) is 11.3 Å². The van der Waals surface area contributed by atoms with Crippen molar-refractivity contribution < 1.29 is 4.74 Å². The lowest BCUT2D eigenvalue weighted by atomic mass is 10.2. The lowest BCUT2D eigenvalue weighted by molar-refractivity contribution is 0.412. The number of hydrogen-bond donors (Lipinski definition) is 1. The van der Waals surface area contributed by atoms with Crippen LogP contribution in [0, 0.1) is 0 Å². The van der Waals surface area contributed by atoms with Crippen molar-refractivity contribution in [2.75, 3.05) is 14.2 Å². The van der Waals surface area contributed by atoms with E-state index in [4.69, 9.17) is 4.74 Å². The summed E-state index contributed by atoms with van der Waals surface area (Å²) in [5.74, 6) is 0.812. The number of ether oxygens (including phenoxy) is 1. The van der Waals surface area contributed by atoms with E-state index in [1.54, 1.807) is 18.4 Å². The third kappa shape index (κ3) is 2.71. The number of benzene rings is 1. The smallest absolute Gasteiger partial charge is 0.147 e. The van der Waals surface area contributed by atoms with Gasteiger partial charge in [0, 0.05) is 5.56 Å². The second-order valence-corrected chi connectivity index (χ2v) is 5.67. The maximum atomic E-state index is 5.21. The Kier molecular flexibility index (Phi) is 4.31. The first-order chi connectivity index (χ1) is 8.65. The second kappa shape index (κ2) is 5.77. The van der Waals surface area contributed by atoms with E-state index in [0.29, 0.717) is 0 Å². The van der Waals surface area contributed by atoms with E-state index in [9.17, 15) is 0 Å². The van der Waals surface area contributed by atoms with E-state index in [0.717, 1.165) is 25.8 Å². The van der Waals surface area contributed by atoms with Crippen molar-refractivity contribution in [3.63, 3.8) is 0 Å². The van der Waals surface area contributed by atoms with Gasteiger partial charge < -0.3 is 10.1 Å². The molecular formula is C12H14BrN3OS. The molecule has 18 heavy (non-hydrogen) atoms. The Balaban J connectivity index is 2.31. The molecule has 0 aliphatic heterocycles. The maximum absolute atomic E-state index is 5.21. The Morgan fingerprint density at radius 1 is 1.39 bits per heavy atom. The van der Waals surface area contributed by atoms with Gasteiger partial charge in [-0.3, -0.25) is 0 Å². The standard InChI is InChI=1S/C12H14BrN3OS/c1-7(14-2)11-15-16-12(18-11)8-4-5-10(17-3)9(13)6-8/h4-7,14H,1-3H3. The summed E-state index contributed by atoms with van der Waals surface area (Å²) >= 11 is 5.07. The van der Waals surface area contributed by atoms with Gasteiger partial charge in [-0.05, 0) is 48.1 Å². The molecule has 0 saturated heterocycles. The van der Waals surface area contributed by atoms with Crippen LogP contribution in [0.4, 0.5) is 0 Å². The molecule has 96 valence electrons. The normalized spacial score (nSPS) is 12.4. The topological polar surface area (TPSA) is 47.0 Å². The Morgan fingerprint density at radius 3 is 2.78 bits per heavy atom. The number of halogens is 1. The molecule has 0 saturated carbocycles. The first-order valence-corrected chi connectivity index (χ1v) is 7.11. The number of methoxy groups -OCH3 is 1. The van der Waals surface area contributed by atoms with Crippen molar-refractivity contribution >= 4 is 27.3 Å². The van der Waals surface area contributed by atoms with Gasteiger partial charge in [-0.15, -0.1) is 10.2 Å². The van der Waals surface area contributed by atoms with Crippen LogP contribution in [0.1, 0.15) is 18.0 Å². The van der Waals surface area contributed by atoms with Gasteiger partial charge in [-0.25, -0.2) is 0 Å². The average Bonchev–Trinajstić information content (AvgIpc) is 2.87. The number of nitrogens with one attached hydrogen (secondary N) is 1. The van der Waals surface area contributed by atoms with E-state index in [1.165, 1.54) is 0 Å². The average molecular weight is 328 g/mol. The Bertz CT molecular complexity index is 544. The van der Waals surface area contributed by atoms with Crippen molar-refractivity contribution in [3.05, 3.63) is 27.7 Å². The molecule has 2 aromatic rings. The van der Waals surface area contributed by atoms with Crippen molar-refractivity contribution in [1.82, 2.24) is 15.5 Å². The molecule has 0 spiro atoms. The molecule has 1 aromatic carbocycles. The predicted molar refractivity (Wildman–Crippen MR) is 77.1 cm³/mol. The number of aromatic nitrogens is 2. The Morgan fingerprint density at radius 2 is 2.17 bits per heavy atom. The lowest BCUT2D eigenvalue weighted by Crippen LogP contribution is -2.11. The van der Waals surface area contributed by atoms with Crippen LogP contribution in [-0.2, 0) is 0 Å². The van der Waals surface area contributed by atoms with E-state index < -0.39 is 0 Å². The highest BCUT2D eigenvalue weighted by Crippen LogP contribution is 2.32. The minimum atomic E-state index is 0.220. The molecule has 0 aliphatic rings. The van der Waals surface area contributed by atoms with Gasteiger partial charge >= 0.3 is 0 Å². The third-order valence-electron chi connectivity index (χ3n) is 2.64. The summed E-state index contributed by atoms with van der Waals surface area (Å²) in [6.45, 7) is 2.06. The van der Waals surface area contributed by atoms with Gasteiger partial charge in [-0.2, -0.15) is 0 Å². The summed E-state index contributed by atoms with van der Waals surface area (Å²) < 4.78 is 6.12. The molecule has 4 nitrogen and oxygen atoms in total. The SMILES string of the molecule is CNC(C)c1nnc(-c2ccc(OC)c(Br)c2)s1. The molecular weight excluding hydrogens is 314 g/mol. The lowest BCUT2D eigenvalue weighted by Gasteiger charge is -2.04. The quantitative estimate of drug-likeness (QED) is 0.936. The highest BCUT2D eigenvalue weighted by molar-refractivity contribution is 9.10. The summed E-state index contributed by atoms with van der Waals surface area (Å²) in [5.41, 5.74) is 1.04. The zero-order valence-corrected chi connectivity index (χ0v) is 12.8. The highest BCUT2D eigenvalue weighted by Gasteiger charge is 2.12. The van der Waals surface area contributed by atoms with Crippen molar-refractivity contribution in [2.45, 2.75) is 13.0 Å². The van der Waals surface area contributed by atoms with E-state index in [-0.39, 0.29) is 6.04 Å². The Labute approximate surface area is 119 Å². The van der Waals surface area contributed by atoms with Gasteiger partial charge in [0.05, 0.1) is 17.6 Å². The number of rotatable bonds is 4. The monoisotopic (exact) mass is 327 g/mol. The zero-order valence-electron chi connectivity index (χ0n) is 10.4. The molecule has 0 radical (unpaired) electrons. The molecule has 1 N–H and O–H groups in total. The summed E-state index contributed by atoms with van der Waals surface area (Å²) in [6.07, 6.45) is 0. The molecule has 0 amide bonds. The van der Waals surface area contributed by atoms with Crippen molar-refractivity contribution in [2.24, 2.45) is 0 Å². The van der Waals surface area contributed by atoms with Crippen molar-refractivity contribution in [3.8, 4) is 16.3 Å². The fourth-order valence-electron chi connectivity index (χ4n) is 1.45. The molecule has 0 fully saturated rings. The van der Waals surface area contributed by atoms with Crippen LogP contribution in [-0.4, -0.2) is 24.4 Å². The summed E-state index contributed by atoms with van der Waals surface area (Å²) in [6, 6.07) is 6.12. The van der Waals surface area contributed by atoms with Gasteiger partial charge in [0.1, 0.15) is 15.8 Å². The molecule has 1 heterocycles. The summed E-state index contributed by atoms with van der Waals surface area (Å²) in [5, 5.41) is 13.5. The molecule has 0 aliphatic carbocycles. The van der Waals surface area contributed by atoms with Crippen LogP contribution in [0.3, 0.4) is 0 Å². The van der Waals surface area contributed by atoms with Crippen LogP contribution in [0.5, 0.6) is 5.75 Å². The van der Waals surface area contributed by atoms with E-state index in [1.807, 2.05) is 25.2 Å². The number of hydrogen-bond acceptors (Lipinski definition) is 5. The first kappa shape index (κ1) is 13.5. The van der Waals surface area contributed by atoms with E-state index in [2.05, 4.69) is 38.4 Å². The number of nitrogens with zero attached hydrogens (tertiary/aromatic N) is 2. The first-order valence-electron chi connectivity index (χ1n) is 5.50. The molecule has 0 bridgehead atoms. The summed E-state index contributed by atoms with van der Waals surface area (Å²) in [4.78, 5) is 0. The second-order valence-electron chi connectivity index (χ2n) is 3.81. The molecule has 1 unspecified atom stereocenters. The maximum Gasteiger partial charge on any atom is 0.147 e. The Hall–Kier alpha value is -0.980. The van der Waals surface area contributed by atoms with E-state index >= 15 is 0 Å². The minimum Gasteiger partial charge on any atom is -0.496 e. The molecule has 6 heteroatoms. The zero-order chi connectivity index (χ0) is 13.1. The van der Waals surface area contributed by atoms with Crippen LogP contribution in [0.25, 0.3) is 10.6 Å². The third-order valence-corrected chi connectivity index (χ3v) is 4.42. The highest BCUT2D eigenvalue weighted by atomic mass is 79.9. The molecule has 1 atom stereocenters. The van der Waals surface area contributed by atoms with Crippen LogP contribution in [0.15, 0.2) is 22.7 Å². The predicted octanol–water partition coefficient (Wildman–Crippen LogP) is 3.26. The van der Waals surface area contributed by atoms with Crippen LogP contribution < -0.4 is 10.1 Å². The van der Waals surface area contributed by atoms with Gasteiger partial charge in [0.15, 0.2) is 0 Å². The van der Waals surface area contributed by atoms with Gasteiger partial charge in [0.25, 0.3) is 0 Å². The van der Waals surface area contributed by atoms with Gasteiger partial charge in [0.2, 0.25) is 0 Å².